The highest BCUT2D eigenvalue weighted by Gasteiger charge is 2.26. The predicted molar refractivity (Wildman–Crippen MR) is 129 cm³/mol. The van der Waals surface area contributed by atoms with Crippen LogP contribution < -0.4 is 15.1 Å². The summed E-state index contributed by atoms with van der Waals surface area (Å²) in [5, 5.41) is 4.29. The van der Waals surface area contributed by atoms with E-state index in [-0.39, 0.29) is 11.8 Å². The Kier molecular flexibility index (Phi) is 7.02. The standard InChI is InChI=1S/C24H31N5OS/c1-3-20-16-21-22(26-17-27-24(21)31-20)29-14-10-18(11-15-29)23(30)25-12-7-13-28(2)19-8-5-4-6-9-19/h4-6,8-9,16-18H,3,7,10-15H2,1-2H3,(H,25,30). The summed E-state index contributed by atoms with van der Waals surface area (Å²) < 4.78 is 0. The van der Waals surface area contributed by atoms with E-state index in [4.69, 9.17) is 0 Å². The van der Waals surface area contributed by atoms with Gasteiger partial charge in [0.1, 0.15) is 17.0 Å². The average molecular weight is 438 g/mol. The van der Waals surface area contributed by atoms with Crippen LogP contribution in [0.25, 0.3) is 10.2 Å². The van der Waals surface area contributed by atoms with Gasteiger partial charge >= 0.3 is 0 Å². The lowest BCUT2D eigenvalue weighted by atomic mass is 9.95. The number of anilines is 2. The minimum absolute atomic E-state index is 0.0918. The topological polar surface area (TPSA) is 61.4 Å². The number of rotatable bonds is 8. The molecule has 31 heavy (non-hydrogen) atoms. The zero-order chi connectivity index (χ0) is 21.6. The fourth-order valence-electron chi connectivity index (χ4n) is 4.16. The molecule has 7 heteroatoms. The van der Waals surface area contributed by atoms with Gasteiger partial charge in [0.25, 0.3) is 0 Å². The third kappa shape index (κ3) is 5.15. The molecule has 4 rings (SSSR count). The second-order valence-corrected chi connectivity index (χ2v) is 9.26. The van der Waals surface area contributed by atoms with Crippen LogP contribution in [0.15, 0.2) is 42.7 Å². The summed E-state index contributed by atoms with van der Waals surface area (Å²) in [5.41, 5.74) is 1.21. The zero-order valence-electron chi connectivity index (χ0n) is 18.4. The van der Waals surface area contributed by atoms with Crippen LogP contribution in [0.4, 0.5) is 11.5 Å². The van der Waals surface area contributed by atoms with Gasteiger partial charge in [0.05, 0.1) is 5.39 Å². The number of carbonyl (C=O) groups is 1. The van der Waals surface area contributed by atoms with Crippen LogP contribution in [0, 0.1) is 5.92 Å². The number of thiophene rings is 1. The van der Waals surface area contributed by atoms with Gasteiger partial charge in [-0.1, -0.05) is 25.1 Å². The number of fused-ring (bicyclic) bond motifs is 1. The van der Waals surface area contributed by atoms with Crippen molar-refractivity contribution in [1.82, 2.24) is 15.3 Å². The molecule has 0 aliphatic carbocycles. The van der Waals surface area contributed by atoms with Crippen LogP contribution in [-0.2, 0) is 11.2 Å². The van der Waals surface area contributed by atoms with Gasteiger partial charge in [-0.05, 0) is 43.9 Å². The Morgan fingerprint density at radius 2 is 2.00 bits per heavy atom. The maximum absolute atomic E-state index is 12.6. The highest BCUT2D eigenvalue weighted by atomic mass is 32.1. The van der Waals surface area contributed by atoms with Gasteiger partial charge in [-0.25, -0.2) is 9.97 Å². The molecule has 1 fully saturated rings. The molecule has 1 aromatic carbocycles. The van der Waals surface area contributed by atoms with Crippen molar-refractivity contribution in [3.63, 3.8) is 0 Å². The van der Waals surface area contributed by atoms with Crippen LogP contribution in [0.2, 0.25) is 0 Å². The van der Waals surface area contributed by atoms with Crippen LogP contribution in [0.5, 0.6) is 0 Å². The van der Waals surface area contributed by atoms with E-state index in [0.29, 0.717) is 0 Å². The SMILES string of the molecule is CCc1cc2c(N3CCC(C(=O)NCCCN(C)c4ccccc4)CC3)ncnc2s1. The second kappa shape index (κ2) is 10.1. The molecule has 3 heterocycles. The van der Waals surface area contributed by atoms with Crippen molar-refractivity contribution in [3.8, 4) is 0 Å². The lowest BCUT2D eigenvalue weighted by Gasteiger charge is -2.32. The van der Waals surface area contributed by atoms with Crippen molar-refractivity contribution in [2.75, 3.05) is 43.0 Å². The number of hydrogen-bond donors (Lipinski definition) is 1. The van der Waals surface area contributed by atoms with Crippen molar-refractivity contribution in [1.29, 1.82) is 0 Å². The van der Waals surface area contributed by atoms with E-state index in [0.717, 1.165) is 67.9 Å². The molecular formula is C24H31N5OS. The van der Waals surface area contributed by atoms with Gasteiger partial charge in [-0.3, -0.25) is 4.79 Å². The van der Waals surface area contributed by atoms with Crippen LogP contribution in [0.3, 0.4) is 0 Å². The molecule has 6 nitrogen and oxygen atoms in total. The molecule has 1 saturated heterocycles. The molecule has 2 aromatic heterocycles. The Bertz CT molecular complexity index is 998. The monoisotopic (exact) mass is 437 g/mol. The second-order valence-electron chi connectivity index (χ2n) is 8.15. The van der Waals surface area contributed by atoms with Gasteiger partial charge in [-0.15, -0.1) is 11.3 Å². The van der Waals surface area contributed by atoms with Crippen LogP contribution >= 0.6 is 11.3 Å². The summed E-state index contributed by atoms with van der Waals surface area (Å²) in [5.74, 6) is 1.30. The minimum atomic E-state index is 0.0918. The van der Waals surface area contributed by atoms with Gasteiger partial charge in [0, 0.05) is 49.7 Å². The lowest BCUT2D eigenvalue weighted by molar-refractivity contribution is -0.125. The number of hydrogen-bond acceptors (Lipinski definition) is 6. The highest BCUT2D eigenvalue weighted by molar-refractivity contribution is 7.18. The summed E-state index contributed by atoms with van der Waals surface area (Å²) in [6.45, 7) is 5.53. The number of carbonyl (C=O) groups excluding carboxylic acids is 1. The Morgan fingerprint density at radius 1 is 1.23 bits per heavy atom. The summed E-state index contributed by atoms with van der Waals surface area (Å²) >= 11 is 1.75. The Hall–Kier alpha value is -2.67. The van der Waals surface area contributed by atoms with Crippen LogP contribution in [-0.4, -0.2) is 49.1 Å². The van der Waals surface area contributed by atoms with Crippen molar-refractivity contribution < 1.29 is 4.79 Å². The number of benzene rings is 1. The lowest BCUT2D eigenvalue weighted by Crippen LogP contribution is -2.41. The summed E-state index contributed by atoms with van der Waals surface area (Å²) in [6, 6.07) is 12.6. The van der Waals surface area contributed by atoms with Gasteiger partial charge < -0.3 is 15.1 Å². The fourth-order valence-corrected chi connectivity index (χ4v) is 5.09. The summed E-state index contributed by atoms with van der Waals surface area (Å²) in [6.07, 6.45) is 5.35. The molecule has 0 saturated carbocycles. The number of amides is 1. The van der Waals surface area contributed by atoms with Crippen molar-refractivity contribution in [2.45, 2.75) is 32.6 Å². The Balaban J connectivity index is 1.23. The normalized spacial score (nSPS) is 14.7. The first-order valence-electron chi connectivity index (χ1n) is 11.2. The first-order valence-corrected chi connectivity index (χ1v) is 12.0. The van der Waals surface area contributed by atoms with E-state index in [1.165, 1.54) is 10.6 Å². The number of aryl methyl sites for hydroxylation is 1. The number of nitrogens with one attached hydrogen (secondary N) is 1. The molecule has 0 spiro atoms. The highest BCUT2D eigenvalue weighted by Crippen LogP contribution is 2.32. The molecule has 0 atom stereocenters. The van der Waals surface area contributed by atoms with E-state index in [1.807, 2.05) is 18.2 Å². The molecular weight excluding hydrogens is 406 g/mol. The minimum Gasteiger partial charge on any atom is -0.375 e. The van der Waals surface area contributed by atoms with E-state index < -0.39 is 0 Å². The van der Waals surface area contributed by atoms with Crippen LogP contribution in [0.1, 0.15) is 31.1 Å². The van der Waals surface area contributed by atoms with Crippen molar-refractivity contribution >= 4 is 39.0 Å². The van der Waals surface area contributed by atoms with E-state index >= 15 is 0 Å². The maximum Gasteiger partial charge on any atom is 0.223 e. The average Bonchev–Trinajstić information content (AvgIpc) is 3.26. The first-order chi connectivity index (χ1) is 15.2. The molecule has 0 unspecified atom stereocenters. The number of piperidine rings is 1. The Morgan fingerprint density at radius 3 is 2.74 bits per heavy atom. The molecule has 3 aromatic rings. The molecule has 1 N–H and O–H groups in total. The van der Waals surface area contributed by atoms with Crippen molar-refractivity contribution in [2.24, 2.45) is 5.92 Å². The third-order valence-corrected chi connectivity index (χ3v) is 7.23. The smallest absolute Gasteiger partial charge is 0.223 e. The predicted octanol–water partition coefficient (Wildman–Crippen LogP) is 4.11. The molecule has 1 aliphatic rings. The number of para-hydroxylation sites is 1. The number of nitrogens with zero attached hydrogens (tertiary/aromatic N) is 4. The summed E-state index contributed by atoms with van der Waals surface area (Å²) in [4.78, 5) is 28.6. The molecule has 1 amide bonds. The van der Waals surface area contributed by atoms with Gasteiger partial charge in [0.2, 0.25) is 5.91 Å². The van der Waals surface area contributed by atoms with E-state index in [1.54, 1.807) is 17.7 Å². The summed E-state index contributed by atoms with van der Waals surface area (Å²) in [7, 11) is 2.09. The zero-order valence-corrected chi connectivity index (χ0v) is 19.2. The molecule has 164 valence electrons. The fraction of sp³-hybridized carbons (Fsp3) is 0.458. The van der Waals surface area contributed by atoms with Gasteiger partial charge in [-0.2, -0.15) is 0 Å². The Labute approximate surface area is 188 Å². The van der Waals surface area contributed by atoms with E-state index in [2.05, 4.69) is 57.3 Å². The molecule has 0 bridgehead atoms. The van der Waals surface area contributed by atoms with Gasteiger partial charge in [0.15, 0.2) is 0 Å². The number of aromatic nitrogens is 2. The quantitative estimate of drug-likeness (QED) is 0.537. The molecule has 0 radical (unpaired) electrons. The van der Waals surface area contributed by atoms with Crippen molar-refractivity contribution in [3.05, 3.63) is 47.6 Å². The maximum atomic E-state index is 12.6. The van der Waals surface area contributed by atoms with E-state index in [9.17, 15) is 4.79 Å². The molecule has 1 aliphatic heterocycles. The third-order valence-electron chi connectivity index (χ3n) is 6.04. The first kappa shape index (κ1) is 21.6. The largest absolute Gasteiger partial charge is 0.375 e.